The molecule has 1 amide bonds. The zero-order chi connectivity index (χ0) is 19.2. The van der Waals surface area contributed by atoms with Crippen molar-refractivity contribution in [2.24, 2.45) is 11.8 Å². The molecule has 1 aliphatic heterocycles. The summed E-state index contributed by atoms with van der Waals surface area (Å²) in [7, 11) is 0. The number of hydrogen-bond acceptors (Lipinski definition) is 5. The number of amides is 1. The number of hydrogen-bond donors (Lipinski definition) is 2. The number of benzene rings is 1. The summed E-state index contributed by atoms with van der Waals surface area (Å²) in [5.41, 5.74) is 2.77. The van der Waals surface area contributed by atoms with E-state index in [1.54, 1.807) is 0 Å². The van der Waals surface area contributed by atoms with Gasteiger partial charge in [-0.25, -0.2) is 9.97 Å². The van der Waals surface area contributed by atoms with E-state index in [2.05, 4.69) is 27.5 Å². The van der Waals surface area contributed by atoms with Crippen LogP contribution in [0.3, 0.4) is 0 Å². The number of nitrogens with one attached hydrogen (secondary N) is 2. The Balaban J connectivity index is 0.00000280. The van der Waals surface area contributed by atoms with E-state index >= 15 is 0 Å². The van der Waals surface area contributed by atoms with Gasteiger partial charge < -0.3 is 10.6 Å². The van der Waals surface area contributed by atoms with Gasteiger partial charge in [0.2, 0.25) is 5.91 Å². The lowest BCUT2D eigenvalue weighted by Crippen LogP contribution is -2.34. The Morgan fingerprint density at radius 1 is 1.25 bits per heavy atom. The number of aryl methyl sites for hydroxylation is 2. The van der Waals surface area contributed by atoms with E-state index in [1.807, 2.05) is 44.2 Å². The summed E-state index contributed by atoms with van der Waals surface area (Å²) in [6, 6.07) is 9.84. The molecule has 0 bridgehead atoms. The molecule has 5 nitrogen and oxygen atoms in total. The van der Waals surface area contributed by atoms with E-state index in [-0.39, 0.29) is 18.3 Å². The van der Waals surface area contributed by atoms with Gasteiger partial charge in [0.25, 0.3) is 0 Å². The third kappa shape index (κ3) is 6.76. The van der Waals surface area contributed by atoms with Gasteiger partial charge in [-0.15, -0.1) is 12.4 Å². The molecule has 2 heterocycles. The van der Waals surface area contributed by atoms with Crippen LogP contribution in [0, 0.1) is 25.7 Å². The minimum atomic E-state index is 0. The topological polar surface area (TPSA) is 66.9 Å². The predicted molar refractivity (Wildman–Crippen MR) is 117 cm³/mol. The average molecular weight is 421 g/mol. The molecule has 28 heavy (non-hydrogen) atoms. The molecule has 152 valence electrons. The summed E-state index contributed by atoms with van der Waals surface area (Å²) >= 11 is 1.53. The molecule has 2 unspecified atom stereocenters. The van der Waals surface area contributed by atoms with Crippen molar-refractivity contribution >= 4 is 35.8 Å². The van der Waals surface area contributed by atoms with Gasteiger partial charge in [-0.3, -0.25) is 4.79 Å². The van der Waals surface area contributed by atoms with Crippen molar-refractivity contribution < 1.29 is 4.79 Å². The van der Waals surface area contributed by atoms with Crippen molar-refractivity contribution in [2.75, 3.05) is 18.4 Å². The zero-order valence-corrected chi connectivity index (χ0v) is 18.3. The molecule has 0 spiro atoms. The number of piperidine rings is 1. The molecule has 2 aromatic rings. The SMILES string of the molecule is Cc1cc(C)nc(Sc2ccc(NC(=O)CC(C)C3CCCNC3)cc2)n1.Cl. The molecule has 0 saturated carbocycles. The Morgan fingerprint density at radius 2 is 1.93 bits per heavy atom. The van der Waals surface area contributed by atoms with Crippen LogP contribution in [0.2, 0.25) is 0 Å². The van der Waals surface area contributed by atoms with E-state index in [1.165, 1.54) is 24.6 Å². The molecular formula is C21H29ClN4OS. The quantitative estimate of drug-likeness (QED) is 0.667. The van der Waals surface area contributed by atoms with Crippen LogP contribution in [0.1, 0.15) is 37.6 Å². The van der Waals surface area contributed by atoms with Gasteiger partial charge in [-0.05, 0) is 93.7 Å². The van der Waals surface area contributed by atoms with Gasteiger partial charge >= 0.3 is 0 Å². The first kappa shape index (κ1) is 22.7. The summed E-state index contributed by atoms with van der Waals surface area (Å²) < 4.78 is 0. The number of anilines is 1. The number of nitrogens with zero attached hydrogens (tertiary/aromatic N) is 2. The van der Waals surface area contributed by atoms with Crippen molar-refractivity contribution in [3.63, 3.8) is 0 Å². The lowest BCUT2D eigenvalue weighted by molar-refractivity contribution is -0.117. The van der Waals surface area contributed by atoms with Crippen LogP contribution in [0.15, 0.2) is 40.4 Å². The van der Waals surface area contributed by atoms with E-state index in [0.29, 0.717) is 18.3 Å². The van der Waals surface area contributed by atoms with Crippen molar-refractivity contribution in [2.45, 2.75) is 50.1 Å². The average Bonchev–Trinajstić information content (AvgIpc) is 2.63. The molecule has 0 aliphatic carbocycles. The van der Waals surface area contributed by atoms with Crippen LogP contribution in [0.5, 0.6) is 0 Å². The summed E-state index contributed by atoms with van der Waals surface area (Å²) in [5, 5.41) is 7.20. The highest BCUT2D eigenvalue weighted by Gasteiger charge is 2.22. The largest absolute Gasteiger partial charge is 0.326 e. The maximum Gasteiger partial charge on any atom is 0.224 e. The molecule has 0 radical (unpaired) electrons. The molecule has 1 fully saturated rings. The maximum absolute atomic E-state index is 12.4. The van der Waals surface area contributed by atoms with E-state index in [4.69, 9.17) is 0 Å². The number of carbonyl (C=O) groups excluding carboxylic acids is 1. The number of rotatable bonds is 6. The summed E-state index contributed by atoms with van der Waals surface area (Å²) in [6.07, 6.45) is 2.99. The van der Waals surface area contributed by atoms with Gasteiger partial charge in [0, 0.05) is 28.4 Å². The van der Waals surface area contributed by atoms with Crippen molar-refractivity contribution in [3.8, 4) is 0 Å². The Morgan fingerprint density at radius 3 is 2.54 bits per heavy atom. The second-order valence-corrected chi connectivity index (χ2v) is 8.44. The highest BCUT2D eigenvalue weighted by atomic mass is 35.5. The number of aromatic nitrogens is 2. The minimum Gasteiger partial charge on any atom is -0.326 e. The van der Waals surface area contributed by atoms with Crippen LogP contribution in [0.25, 0.3) is 0 Å². The molecule has 2 atom stereocenters. The Hall–Kier alpha value is -1.63. The zero-order valence-electron chi connectivity index (χ0n) is 16.7. The molecular weight excluding hydrogens is 392 g/mol. The minimum absolute atomic E-state index is 0. The maximum atomic E-state index is 12.4. The Labute approximate surface area is 177 Å². The normalized spacial score (nSPS) is 17.5. The van der Waals surface area contributed by atoms with Crippen molar-refractivity contribution in [1.29, 1.82) is 0 Å². The van der Waals surface area contributed by atoms with Gasteiger partial charge in [0.1, 0.15) is 0 Å². The van der Waals surface area contributed by atoms with Crippen LogP contribution < -0.4 is 10.6 Å². The van der Waals surface area contributed by atoms with Gasteiger partial charge in [0.15, 0.2) is 5.16 Å². The lowest BCUT2D eigenvalue weighted by atomic mass is 9.85. The van der Waals surface area contributed by atoms with Crippen molar-refractivity contribution in [3.05, 3.63) is 41.7 Å². The molecule has 3 rings (SSSR count). The van der Waals surface area contributed by atoms with Crippen LogP contribution in [-0.4, -0.2) is 29.0 Å². The highest BCUT2D eigenvalue weighted by molar-refractivity contribution is 7.99. The lowest BCUT2D eigenvalue weighted by Gasteiger charge is -2.28. The fourth-order valence-corrected chi connectivity index (χ4v) is 4.35. The molecule has 1 aromatic carbocycles. The summed E-state index contributed by atoms with van der Waals surface area (Å²) in [4.78, 5) is 22.3. The summed E-state index contributed by atoms with van der Waals surface area (Å²) in [5.74, 6) is 1.08. The molecule has 2 N–H and O–H groups in total. The first-order valence-electron chi connectivity index (χ1n) is 9.60. The van der Waals surface area contributed by atoms with Crippen LogP contribution in [-0.2, 0) is 4.79 Å². The Kier molecular flexibility index (Phi) is 8.73. The molecule has 1 aromatic heterocycles. The van der Waals surface area contributed by atoms with Gasteiger partial charge in [-0.1, -0.05) is 6.92 Å². The van der Waals surface area contributed by atoms with E-state index in [0.717, 1.165) is 40.2 Å². The third-order valence-corrected chi connectivity index (χ3v) is 5.83. The fourth-order valence-electron chi connectivity index (χ4n) is 3.49. The van der Waals surface area contributed by atoms with Crippen LogP contribution >= 0.6 is 24.2 Å². The monoisotopic (exact) mass is 420 g/mol. The van der Waals surface area contributed by atoms with Gasteiger partial charge in [-0.2, -0.15) is 0 Å². The van der Waals surface area contributed by atoms with Gasteiger partial charge in [0.05, 0.1) is 0 Å². The molecule has 1 aliphatic rings. The predicted octanol–water partition coefficient (Wildman–Crippen LogP) is 4.63. The number of halogens is 1. The second-order valence-electron chi connectivity index (χ2n) is 7.40. The van der Waals surface area contributed by atoms with Crippen LogP contribution in [0.4, 0.5) is 5.69 Å². The first-order chi connectivity index (χ1) is 13.0. The van der Waals surface area contributed by atoms with E-state index in [9.17, 15) is 4.79 Å². The highest BCUT2D eigenvalue weighted by Crippen LogP contribution is 2.27. The smallest absolute Gasteiger partial charge is 0.224 e. The first-order valence-corrected chi connectivity index (χ1v) is 10.4. The molecule has 7 heteroatoms. The second kappa shape index (κ2) is 10.8. The van der Waals surface area contributed by atoms with E-state index < -0.39 is 0 Å². The standard InChI is InChI=1S/C21H28N4OS.ClH/c1-14(17-5-4-10-22-13-17)11-20(26)25-18-6-8-19(9-7-18)27-21-23-15(2)12-16(3)24-21;/h6-9,12,14,17,22H,4-5,10-11,13H2,1-3H3,(H,25,26);1H. The number of carbonyl (C=O) groups is 1. The fraction of sp³-hybridized carbons (Fsp3) is 0.476. The third-order valence-electron chi connectivity index (χ3n) is 4.96. The van der Waals surface area contributed by atoms with Crippen molar-refractivity contribution in [1.82, 2.24) is 15.3 Å². The molecule has 1 saturated heterocycles. The summed E-state index contributed by atoms with van der Waals surface area (Å²) in [6.45, 7) is 8.26. The Bertz CT molecular complexity index is 758.